The third-order valence-electron chi connectivity index (χ3n) is 2.78. The molecule has 0 amide bonds. The summed E-state index contributed by atoms with van der Waals surface area (Å²) in [4.78, 5) is 7.22. The first-order chi connectivity index (χ1) is 8.52. The maximum atomic E-state index is 13.6. The van der Waals surface area contributed by atoms with Gasteiger partial charge in [-0.15, -0.1) is 0 Å². The summed E-state index contributed by atoms with van der Waals surface area (Å²) in [6, 6.07) is 3.03. The van der Waals surface area contributed by atoms with Gasteiger partial charge in [-0.1, -0.05) is 11.6 Å². The molecular weight excluding hydrogens is 321 g/mol. The van der Waals surface area contributed by atoms with Gasteiger partial charge in [-0.3, -0.25) is 0 Å². The Morgan fingerprint density at radius 3 is 2.83 bits per heavy atom. The van der Waals surface area contributed by atoms with Crippen molar-refractivity contribution < 1.29 is 4.39 Å². The molecule has 0 saturated heterocycles. The van der Waals surface area contributed by atoms with Crippen molar-refractivity contribution in [2.24, 2.45) is 5.73 Å². The highest BCUT2D eigenvalue weighted by atomic mass is 79.9. The quantitative estimate of drug-likeness (QED) is 0.905. The number of aromatic nitrogens is 2. The topological polar surface area (TPSA) is 54.7 Å². The van der Waals surface area contributed by atoms with Crippen LogP contribution in [0.1, 0.15) is 22.9 Å². The molecule has 0 fully saturated rings. The molecule has 0 bridgehead atoms. The predicted molar refractivity (Wildman–Crippen MR) is 73.3 cm³/mol. The molecule has 2 aromatic rings. The molecular formula is C12H12BrClFN3. The molecule has 18 heavy (non-hydrogen) atoms. The van der Waals surface area contributed by atoms with Crippen molar-refractivity contribution in [1.82, 2.24) is 9.97 Å². The van der Waals surface area contributed by atoms with E-state index in [2.05, 4.69) is 25.9 Å². The molecule has 0 spiro atoms. The monoisotopic (exact) mass is 331 g/mol. The summed E-state index contributed by atoms with van der Waals surface area (Å²) in [6.45, 7) is 1.97. The van der Waals surface area contributed by atoms with E-state index in [4.69, 9.17) is 17.3 Å². The smallest absolute Gasteiger partial charge is 0.126 e. The van der Waals surface area contributed by atoms with Gasteiger partial charge in [-0.2, -0.15) is 0 Å². The molecule has 1 aromatic heterocycles. The highest BCUT2D eigenvalue weighted by molar-refractivity contribution is 9.10. The normalized spacial score (nSPS) is 12.7. The Bertz CT molecular complexity index is 570. The molecule has 1 aromatic carbocycles. The summed E-state index contributed by atoms with van der Waals surface area (Å²) in [5.41, 5.74) is 6.90. The molecule has 6 heteroatoms. The van der Waals surface area contributed by atoms with E-state index in [0.717, 1.165) is 4.60 Å². The Morgan fingerprint density at radius 2 is 2.28 bits per heavy atom. The van der Waals surface area contributed by atoms with E-state index in [-0.39, 0.29) is 11.7 Å². The van der Waals surface area contributed by atoms with E-state index in [1.54, 1.807) is 19.2 Å². The minimum atomic E-state index is -0.293. The number of aryl methyl sites for hydroxylation is 1. The zero-order valence-corrected chi connectivity index (χ0v) is 12.0. The Morgan fingerprint density at radius 1 is 1.56 bits per heavy atom. The fourth-order valence-electron chi connectivity index (χ4n) is 1.80. The SMILES string of the molecule is Cc1cc(Cl)c(C(CN)c2ncc(Br)[nH]2)cc1F. The van der Waals surface area contributed by atoms with Crippen molar-refractivity contribution in [2.45, 2.75) is 12.8 Å². The standard InChI is InChI=1S/C12H12BrClFN3/c1-6-2-9(14)7(3-10(6)15)8(4-16)12-17-5-11(13)18-12/h2-3,5,8H,4,16H2,1H3,(H,17,18). The van der Waals surface area contributed by atoms with E-state index in [9.17, 15) is 4.39 Å². The number of rotatable bonds is 3. The van der Waals surface area contributed by atoms with Crippen LogP contribution in [0.5, 0.6) is 0 Å². The molecule has 0 saturated carbocycles. The molecule has 1 heterocycles. The van der Waals surface area contributed by atoms with E-state index in [1.807, 2.05) is 0 Å². The average molecular weight is 333 g/mol. The summed E-state index contributed by atoms with van der Waals surface area (Å²) < 4.78 is 14.4. The zero-order chi connectivity index (χ0) is 13.3. The van der Waals surface area contributed by atoms with Gasteiger partial charge < -0.3 is 10.7 Å². The largest absolute Gasteiger partial charge is 0.336 e. The fourth-order valence-corrected chi connectivity index (χ4v) is 2.46. The first-order valence-electron chi connectivity index (χ1n) is 5.39. The number of halogens is 3. The van der Waals surface area contributed by atoms with Crippen molar-refractivity contribution in [3.63, 3.8) is 0 Å². The highest BCUT2D eigenvalue weighted by Crippen LogP contribution is 2.30. The molecule has 0 radical (unpaired) electrons. The van der Waals surface area contributed by atoms with Crippen molar-refractivity contribution in [3.05, 3.63) is 50.7 Å². The van der Waals surface area contributed by atoms with Gasteiger partial charge in [-0.25, -0.2) is 9.37 Å². The van der Waals surface area contributed by atoms with Gasteiger partial charge in [0.15, 0.2) is 0 Å². The number of nitrogens with zero attached hydrogens (tertiary/aromatic N) is 1. The number of aromatic amines is 1. The van der Waals surface area contributed by atoms with E-state index < -0.39 is 0 Å². The number of hydrogen-bond acceptors (Lipinski definition) is 2. The Labute approximate surface area is 118 Å². The maximum absolute atomic E-state index is 13.6. The van der Waals surface area contributed by atoms with Crippen LogP contribution in [0.4, 0.5) is 4.39 Å². The Balaban J connectivity index is 2.48. The third kappa shape index (κ3) is 2.58. The molecule has 3 nitrogen and oxygen atoms in total. The number of nitrogens with one attached hydrogen (secondary N) is 1. The molecule has 0 aliphatic heterocycles. The second-order valence-corrected chi connectivity index (χ2v) is 5.29. The predicted octanol–water partition coefficient (Wildman–Crippen LogP) is 3.36. The number of H-pyrrole nitrogens is 1. The minimum absolute atomic E-state index is 0.251. The van der Waals surface area contributed by atoms with Crippen LogP contribution in [0.15, 0.2) is 22.9 Å². The van der Waals surface area contributed by atoms with Gasteiger partial charge in [0.05, 0.1) is 12.1 Å². The van der Waals surface area contributed by atoms with Crippen LogP contribution >= 0.6 is 27.5 Å². The van der Waals surface area contributed by atoms with E-state index >= 15 is 0 Å². The zero-order valence-electron chi connectivity index (χ0n) is 9.67. The third-order valence-corrected chi connectivity index (χ3v) is 3.51. The lowest BCUT2D eigenvalue weighted by Gasteiger charge is -2.15. The highest BCUT2D eigenvalue weighted by Gasteiger charge is 2.20. The summed E-state index contributed by atoms with van der Waals surface area (Å²) in [5, 5.41) is 0.497. The number of nitrogens with two attached hydrogens (primary N) is 1. The first kappa shape index (κ1) is 13.5. The minimum Gasteiger partial charge on any atom is -0.336 e. The van der Waals surface area contributed by atoms with Crippen LogP contribution in [0, 0.1) is 12.7 Å². The lowest BCUT2D eigenvalue weighted by Crippen LogP contribution is -2.16. The molecule has 96 valence electrons. The van der Waals surface area contributed by atoms with Gasteiger partial charge >= 0.3 is 0 Å². The molecule has 3 N–H and O–H groups in total. The van der Waals surface area contributed by atoms with Crippen LogP contribution in [0.2, 0.25) is 5.02 Å². The fraction of sp³-hybridized carbons (Fsp3) is 0.250. The number of benzene rings is 1. The summed E-state index contributed by atoms with van der Waals surface area (Å²) in [5.74, 6) is 0.117. The van der Waals surface area contributed by atoms with Crippen molar-refractivity contribution in [3.8, 4) is 0 Å². The summed E-state index contributed by atoms with van der Waals surface area (Å²) in [7, 11) is 0. The lowest BCUT2D eigenvalue weighted by molar-refractivity contribution is 0.613. The lowest BCUT2D eigenvalue weighted by atomic mass is 9.97. The van der Waals surface area contributed by atoms with Crippen LogP contribution in [0.3, 0.4) is 0 Å². The number of imidazole rings is 1. The van der Waals surface area contributed by atoms with E-state index in [1.165, 1.54) is 6.07 Å². The first-order valence-corrected chi connectivity index (χ1v) is 6.56. The van der Waals surface area contributed by atoms with Gasteiger partial charge in [-0.05, 0) is 46.1 Å². The average Bonchev–Trinajstić information content (AvgIpc) is 2.73. The van der Waals surface area contributed by atoms with E-state index in [0.29, 0.717) is 28.5 Å². The second kappa shape index (κ2) is 5.38. The van der Waals surface area contributed by atoms with Crippen molar-refractivity contribution >= 4 is 27.5 Å². The molecule has 0 aliphatic rings. The molecule has 1 unspecified atom stereocenters. The maximum Gasteiger partial charge on any atom is 0.126 e. The van der Waals surface area contributed by atoms with Crippen LogP contribution in [0.25, 0.3) is 0 Å². The van der Waals surface area contributed by atoms with Gasteiger partial charge in [0.1, 0.15) is 16.2 Å². The number of hydrogen-bond donors (Lipinski definition) is 2. The summed E-state index contributed by atoms with van der Waals surface area (Å²) in [6.07, 6.45) is 1.64. The Kier molecular flexibility index (Phi) is 4.04. The molecule has 1 atom stereocenters. The van der Waals surface area contributed by atoms with Crippen LogP contribution in [-0.4, -0.2) is 16.5 Å². The molecule has 2 rings (SSSR count). The van der Waals surface area contributed by atoms with Crippen molar-refractivity contribution in [1.29, 1.82) is 0 Å². The van der Waals surface area contributed by atoms with Gasteiger partial charge in [0, 0.05) is 11.6 Å². The van der Waals surface area contributed by atoms with Gasteiger partial charge in [0.25, 0.3) is 0 Å². The Hall–Kier alpha value is -0.910. The van der Waals surface area contributed by atoms with Crippen molar-refractivity contribution in [2.75, 3.05) is 6.54 Å². The van der Waals surface area contributed by atoms with Gasteiger partial charge in [0.2, 0.25) is 0 Å². The summed E-state index contributed by atoms with van der Waals surface area (Å²) >= 11 is 9.44. The second-order valence-electron chi connectivity index (χ2n) is 4.03. The van der Waals surface area contributed by atoms with Crippen LogP contribution < -0.4 is 5.73 Å². The molecule has 0 aliphatic carbocycles. The van der Waals surface area contributed by atoms with Crippen LogP contribution in [-0.2, 0) is 0 Å².